The van der Waals surface area contributed by atoms with Crippen LogP contribution in [-0.2, 0) is 0 Å². The number of aryl methyl sites for hydroxylation is 2. The van der Waals surface area contributed by atoms with Crippen molar-refractivity contribution in [2.45, 2.75) is 20.8 Å². The van der Waals surface area contributed by atoms with Crippen LogP contribution in [0, 0.1) is 13.8 Å². The third-order valence-electron chi connectivity index (χ3n) is 2.32. The fourth-order valence-corrected chi connectivity index (χ4v) is 1.50. The Hall–Kier alpha value is -1.02. The van der Waals surface area contributed by atoms with Crippen LogP contribution in [0.15, 0.2) is 12.1 Å². The third kappa shape index (κ3) is 2.72. The smallest absolute Gasteiger partial charge is 0.181 e. The number of carbonyl (C=O) groups is 1. The molecule has 0 saturated heterocycles. The first-order valence-electron chi connectivity index (χ1n) is 4.93. The second-order valence-corrected chi connectivity index (χ2v) is 3.69. The van der Waals surface area contributed by atoms with Crippen LogP contribution < -0.4 is 4.74 Å². The molecule has 0 N–H and O–H groups in total. The van der Waals surface area contributed by atoms with E-state index in [2.05, 4.69) is 0 Å². The van der Waals surface area contributed by atoms with Gasteiger partial charge in [0.1, 0.15) is 5.75 Å². The lowest BCUT2D eigenvalue weighted by atomic mass is 10.0. The zero-order valence-electron chi connectivity index (χ0n) is 9.26. The molecule has 1 aromatic carbocycles. The number of rotatable bonds is 4. The van der Waals surface area contributed by atoms with Crippen molar-refractivity contribution in [2.75, 3.05) is 12.5 Å². The zero-order valence-corrected chi connectivity index (χ0v) is 10.0. The van der Waals surface area contributed by atoms with Crippen LogP contribution in [0.3, 0.4) is 0 Å². The van der Waals surface area contributed by atoms with Gasteiger partial charge in [-0.3, -0.25) is 4.79 Å². The molecule has 0 heterocycles. The molecule has 82 valence electrons. The predicted molar refractivity (Wildman–Crippen MR) is 62.1 cm³/mol. The standard InChI is InChI=1S/C12H15ClO2/c1-4-15-12-6-9(3)8(2)5-10(12)11(14)7-13/h5-6H,4,7H2,1-3H3. The largest absolute Gasteiger partial charge is 0.493 e. The molecule has 0 atom stereocenters. The summed E-state index contributed by atoms with van der Waals surface area (Å²) in [5.41, 5.74) is 2.77. The fourth-order valence-electron chi connectivity index (χ4n) is 1.35. The van der Waals surface area contributed by atoms with Gasteiger partial charge in [0.25, 0.3) is 0 Å². The van der Waals surface area contributed by atoms with Crippen molar-refractivity contribution >= 4 is 17.4 Å². The van der Waals surface area contributed by atoms with E-state index in [4.69, 9.17) is 16.3 Å². The number of benzene rings is 1. The molecule has 1 aromatic rings. The minimum absolute atomic E-state index is 0.0113. The molecule has 0 amide bonds. The fraction of sp³-hybridized carbons (Fsp3) is 0.417. The molecule has 0 bridgehead atoms. The Balaban J connectivity index is 3.21. The molecule has 0 spiro atoms. The highest BCUT2D eigenvalue weighted by molar-refractivity contribution is 6.30. The average Bonchev–Trinajstić information content (AvgIpc) is 2.22. The SMILES string of the molecule is CCOc1cc(C)c(C)cc1C(=O)CCl. The van der Waals surface area contributed by atoms with Crippen molar-refractivity contribution in [1.82, 2.24) is 0 Å². The van der Waals surface area contributed by atoms with Crippen molar-refractivity contribution in [3.8, 4) is 5.75 Å². The second-order valence-electron chi connectivity index (χ2n) is 3.42. The molecule has 0 aromatic heterocycles. The van der Waals surface area contributed by atoms with Gasteiger partial charge in [-0.2, -0.15) is 0 Å². The van der Waals surface area contributed by atoms with Gasteiger partial charge in [-0.15, -0.1) is 11.6 Å². The maximum absolute atomic E-state index is 11.6. The van der Waals surface area contributed by atoms with Crippen LogP contribution in [0.1, 0.15) is 28.4 Å². The lowest BCUT2D eigenvalue weighted by Crippen LogP contribution is -2.06. The van der Waals surface area contributed by atoms with Gasteiger partial charge in [0, 0.05) is 0 Å². The van der Waals surface area contributed by atoms with E-state index in [1.807, 2.05) is 32.9 Å². The Morgan fingerprint density at radius 3 is 2.47 bits per heavy atom. The van der Waals surface area contributed by atoms with Crippen molar-refractivity contribution in [1.29, 1.82) is 0 Å². The number of Topliss-reactive ketones (excluding diaryl/α,β-unsaturated/α-hetero) is 1. The minimum Gasteiger partial charge on any atom is -0.493 e. The van der Waals surface area contributed by atoms with E-state index < -0.39 is 0 Å². The summed E-state index contributed by atoms with van der Waals surface area (Å²) in [6, 6.07) is 3.73. The number of hydrogen-bond donors (Lipinski definition) is 0. The summed E-state index contributed by atoms with van der Waals surface area (Å²) in [6.45, 7) is 6.40. The van der Waals surface area contributed by atoms with Gasteiger partial charge in [0.2, 0.25) is 0 Å². The Morgan fingerprint density at radius 1 is 1.33 bits per heavy atom. The first kappa shape index (κ1) is 12.1. The third-order valence-corrected chi connectivity index (χ3v) is 2.56. The summed E-state index contributed by atoms with van der Waals surface area (Å²) >= 11 is 5.55. The number of hydrogen-bond acceptors (Lipinski definition) is 2. The zero-order chi connectivity index (χ0) is 11.4. The maximum Gasteiger partial charge on any atom is 0.181 e. The molecular formula is C12H15ClO2. The van der Waals surface area contributed by atoms with E-state index in [1.54, 1.807) is 0 Å². The lowest BCUT2D eigenvalue weighted by Gasteiger charge is -2.11. The molecule has 0 radical (unpaired) electrons. The van der Waals surface area contributed by atoms with Crippen LogP contribution in [0.4, 0.5) is 0 Å². The number of ether oxygens (including phenoxy) is 1. The highest BCUT2D eigenvalue weighted by Crippen LogP contribution is 2.24. The Morgan fingerprint density at radius 2 is 1.93 bits per heavy atom. The summed E-state index contributed by atoms with van der Waals surface area (Å²) < 4.78 is 5.42. The first-order chi connectivity index (χ1) is 7.10. The van der Waals surface area contributed by atoms with Gasteiger partial charge >= 0.3 is 0 Å². The van der Waals surface area contributed by atoms with Crippen LogP contribution in [0.25, 0.3) is 0 Å². The summed E-state index contributed by atoms with van der Waals surface area (Å²) in [5, 5.41) is 0. The monoisotopic (exact) mass is 226 g/mol. The molecule has 0 unspecified atom stereocenters. The lowest BCUT2D eigenvalue weighted by molar-refractivity contribution is 0.101. The minimum atomic E-state index is -0.0942. The molecule has 0 aliphatic carbocycles. The van der Waals surface area contributed by atoms with Crippen molar-refractivity contribution in [3.63, 3.8) is 0 Å². The number of ketones is 1. The van der Waals surface area contributed by atoms with Crippen molar-refractivity contribution in [3.05, 3.63) is 28.8 Å². The molecule has 0 saturated carbocycles. The van der Waals surface area contributed by atoms with Crippen molar-refractivity contribution in [2.24, 2.45) is 0 Å². The molecular weight excluding hydrogens is 212 g/mol. The average molecular weight is 227 g/mol. The summed E-state index contributed by atoms with van der Waals surface area (Å²) in [5.74, 6) is 0.525. The van der Waals surface area contributed by atoms with E-state index >= 15 is 0 Å². The van der Waals surface area contributed by atoms with E-state index in [1.165, 1.54) is 0 Å². The Kier molecular flexibility index (Phi) is 4.15. The van der Waals surface area contributed by atoms with Gasteiger partial charge in [0.05, 0.1) is 18.1 Å². The van der Waals surface area contributed by atoms with Gasteiger partial charge in [-0.05, 0) is 44.0 Å². The number of alkyl halides is 1. The summed E-state index contributed by atoms with van der Waals surface area (Å²) in [4.78, 5) is 11.6. The van der Waals surface area contributed by atoms with Crippen LogP contribution in [0.5, 0.6) is 5.75 Å². The van der Waals surface area contributed by atoms with E-state index in [0.29, 0.717) is 17.9 Å². The van der Waals surface area contributed by atoms with Gasteiger partial charge < -0.3 is 4.74 Å². The summed E-state index contributed by atoms with van der Waals surface area (Å²) in [6.07, 6.45) is 0. The Labute approximate surface area is 95.2 Å². The normalized spacial score (nSPS) is 10.1. The Bertz CT molecular complexity index is 372. The quantitative estimate of drug-likeness (QED) is 0.583. The second kappa shape index (κ2) is 5.17. The van der Waals surface area contributed by atoms with Crippen LogP contribution in [-0.4, -0.2) is 18.3 Å². The molecule has 0 fully saturated rings. The molecule has 0 aliphatic heterocycles. The van der Waals surface area contributed by atoms with Gasteiger partial charge in [-0.1, -0.05) is 0 Å². The molecule has 15 heavy (non-hydrogen) atoms. The number of carbonyl (C=O) groups excluding carboxylic acids is 1. The van der Waals surface area contributed by atoms with Gasteiger partial charge in [0.15, 0.2) is 5.78 Å². The summed E-state index contributed by atoms with van der Waals surface area (Å²) in [7, 11) is 0. The van der Waals surface area contributed by atoms with Gasteiger partial charge in [-0.25, -0.2) is 0 Å². The van der Waals surface area contributed by atoms with Crippen LogP contribution in [0.2, 0.25) is 0 Å². The molecule has 3 heteroatoms. The van der Waals surface area contributed by atoms with E-state index in [-0.39, 0.29) is 11.7 Å². The molecule has 0 aliphatic rings. The first-order valence-corrected chi connectivity index (χ1v) is 5.46. The van der Waals surface area contributed by atoms with E-state index in [0.717, 1.165) is 11.1 Å². The number of halogens is 1. The maximum atomic E-state index is 11.6. The van der Waals surface area contributed by atoms with Crippen LogP contribution >= 0.6 is 11.6 Å². The molecule has 1 rings (SSSR count). The van der Waals surface area contributed by atoms with E-state index in [9.17, 15) is 4.79 Å². The van der Waals surface area contributed by atoms with Crippen molar-refractivity contribution < 1.29 is 9.53 Å². The molecule has 2 nitrogen and oxygen atoms in total. The highest BCUT2D eigenvalue weighted by atomic mass is 35.5. The predicted octanol–water partition coefficient (Wildman–Crippen LogP) is 3.12. The topological polar surface area (TPSA) is 26.3 Å². The highest BCUT2D eigenvalue weighted by Gasteiger charge is 2.12.